The SMILES string of the molecule is CC(C)NS(=O)(=O)c1cccc(CC#N)c1. The van der Waals surface area contributed by atoms with Crippen molar-refractivity contribution in [2.75, 3.05) is 0 Å². The molecule has 0 amide bonds. The van der Waals surface area contributed by atoms with Crippen LogP contribution < -0.4 is 4.72 Å². The van der Waals surface area contributed by atoms with Crippen LogP contribution in [0.15, 0.2) is 29.2 Å². The standard InChI is InChI=1S/C11H14N2O2S/c1-9(2)13-16(14,15)11-5-3-4-10(8-11)6-7-12/h3-5,8-9,13H,6H2,1-2H3. The minimum Gasteiger partial charge on any atom is -0.209 e. The van der Waals surface area contributed by atoms with E-state index < -0.39 is 10.0 Å². The third kappa shape index (κ3) is 3.33. The van der Waals surface area contributed by atoms with Gasteiger partial charge in [-0.25, -0.2) is 13.1 Å². The summed E-state index contributed by atoms with van der Waals surface area (Å²) in [6.45, 7) is 3.52. The molecule has 0 bridgehead atoms. The smallest absolute Gasteiger partial charge is 0.209 e. The Bertz CT molecular complexity index is 501. The molecule has 0 aromatic heterocycles. The monoisotopic (exact) mass is 238 g/mol. The first kappa shape index (κ1) is 12.7. The van der Waals surface area contributed by atoms with Crippen LogP contribution in [0.5, 0.6) is 0 Å². The van der Waals surface area contributed by atoms with Gasteiger partial charge in [0.25, 0.3) is 0 Å². The van der Waals surface area contributed by atoms with E-state index in [0.717, 1.165) is 0 Å². The van der Waals surface area contributed by atoms with Gasteiger partial charge in [0.1, 0.15) is 0 Å². The number of nitrogens with zero attached hydrogens (tertiary/aromatic N) is 1. The molecule has 0 spiro atoms. The first-order chi connectivity index (χ1) is 7.45. The zero-order valence-electron chi connectivity index (χ0n) is 9.27. The summed E-state index contributed by atoms with van der Waals surface area (Å²) in [7, 11) is -3.46. The maximum Gasteiger partial charge on any atom is 0.240 e. The first-order valence-electron chi connectivity index (χ1n) is 4.94. The third-order valence-corrected chi connectivity index (χ3v) is 3.54. The molecule has 86 valence electrons. The number of hydrogen-bond donors (Lipinski definition) is 1. The molecule has 1 aromatic rings. The van der Waals surface area contributed by atoms with Gasteiger partial charge < -0.3 is 0 Å². The summed E-state index contributed by atoms with van der Waals surface area (Å²) < 4.78 is 26.1. The summed E-state index contributed by atoms with van der Waals surface area (Å²) in [4.78, 5) is 0.203. The Morgan fingerprint density at radius 3 is 2.69 bits per heavy atom. The fourth-order valence-electron chi connectivity index (χ4n) is 1.29. The summed E-state index contributed by atoms with van der Waals surface area (Å²) in [5.41, 5.74) is 0.703. The molecule has 0 saturated heterocycles. The topological polar surface area (TPSA) is 70.0 Å². The molecule has 0 saturated carbocycles. The highest BCUT2D eigenvalue weighted by molar-refractivity contribution is 7.89. The molecule has 16 heavy (non-hydrogen) atoms. The third-order valence-electron chi connectivity index (χ3n) is 1.88. The van der Waals surface area contributed by atoms with Crippen molar-refractivity contribution in [3.63, 3.8) is 0 Å². The lowest BCUT2D eigenvalue weighted by atomic mass is 10.2. The van der Waals surface area contributed by atoms with E-state index in [-0.39, 0.29) is 17.4 Å². The fourth-order valence-corrected chi connectivity index (χ4v) is 2.61. The van der Waals surface area contributed by atoms with Crippen molar-refractivity contribution in [3.8, 4) is 6.07 Å². The second-order valence-electron chi connectivity index (χ2n) is 3.76. The molecule has 1 aromatic carbocycles. The molecule has 4 nitrogen and oxygen atoms in total. The van der Waals surface area contributed by atoms with Gasteiger partial charge in [-0.3, -0.25) is 0 Å². The van der Waals surface area contributed by atoms with Crippen LogP contribution in [0.1, 0.15) is 19.4 Å². The number of rotatable bonds is 4. The number of benzene rings is 1. The van der Waals surface area contributed by atoms with Gasteiger partial charge in [-0.15, -0.1) is 0 Å². The van der Waals surface area contributed by atoms with Crippen molar-refractivity contribution in [3.05, 3.63) is 29.8 Å². The molecule has 0 aliphatic carbocycles. The van der Waals surface area contributed by atoms with Gasteiger partial charge in [-0.1, -0.05) is 12.1 Å². The zero-order valence-corrected chi connectivity index (χ0v) is 10.1. The normalized spacial score (nSPS) is 11.4. The highest BCUT2D eigenvalue weighted by atomic mass is 32.2. The van der Waals surface area contributed by atoms with Crippen molar-refractivity contribution >= 4 is 10.0 Å². The molecule has 5 heteroatoms. The number of nitrogens with one attached hydrogen (secondary N) is 1. The first-order valence-corrected chi connectivity index (χ1v) is 6.42. The molecule has 0 unspecified atom stereocenters. The number of nitriles is 1. The van der Waals surface area contributed by atoms with Gasteiger partial charge in [0.15, 0.2) is 0 Å². The average Bonchev–Trinajstić information content (AvgIpc) is 2.16. The van der Waals surface area contributed by atoms with Crippen LogP contribution in [0, 0.1) is 11.3 Å². The van der Waals surface area contributed by atoms with Crippen LogP contribution in [-0.4, -0.2) is 14.5 Å². The van der Waals surface area contributed by atoms with Crippen molar-refractivity contribution in [1.82, 2.24) is 4.72 Å². The summed E-state index contributed by atoms with van der Waals surface area (Å²) in [5, 5.41) is 8.54. The maximum atomic E-state index is 11.8. The molecule has 0 heterocycles. The van der Waals surface area contributed by atoms with Crippen molar-refractivity contribution in [1.29, 1.82) is 5.26 Å². The Hall–Kier alpha value is -1.38. The Morgan fingerprint density at radius 2 is 2.12 bits per heavy atom. The van der Waals surface area contributed by atoms with E-state index in [9.17, 15) is 8.42 Å². The van der Waals surface area contributed by atoms with Crippen LogP contribution in [0.3, 0.4) is 0 Å². The average molecular weight is 238 g/mol. The Morgan fingerprint density at radius 1 is 1.44 bits per heavy atom. The highest BCUT2D eigenvalue weighted by Crippen LogP contribution is 2.12. The van der Waals surface area contributed by atoms with E-state index >= 15 is 0 Å². The zero-order chi connectivity index (χ0) is 12.2. The number of hydrogen-bond acceptors (Lipinski definition) is 3. The van der Waals surface area contributed by atoms with E-state index in [1.165, 1.54) is 12.1 Å². The molecule has 0 aliphatic heterocycles. The van der Waals surface area contributed by atoms with E-state index in [1.807, 2.05) is 6.07 Å². The predicted octanol–water partition coefficient (Wildman–Crippen LogP) is 1.44. The molecular weight excluding hydrogens is 224 g/mol. The van der Waals surface area contributed by atoms with Crippen molar-refractivity contribution in [2.45, 2.75) is 31.2 Å². The van der Waals surface area contributed by atoms with Crippen LogP contribution in [0.4, 0.5) is 0 Å². The van der Waals surface area contributed by atoms with Gasteiger partial charge in [0, 0.05) is 6.04 Å². The molecule has 1 N–H and O–H groups in total. The van der Waals surface area contributed by atoms with Crippen molar-refractivity contribution in [2.24, 2.45) is 0 Å². The molecule has 0 fully saturated rings. The minimum atomic E-state index is -3.46. The number of sulfonamides is 1. The largest absolute Gasteiger partial charge is 0.240 e. The lowest BCUT2D eigenvalue weighted by Crippen LogP contribution is -2.30. The van der Waals surface area contributed by atoms with Crippen LogP contribution >= 0.6 is 0 Å². The Kier molecular flexibility index (Phi) is 4.05. The molecule has 0 radical (unpaired) electrons. The molecule has 0 aliphatic rings. The van der Waals surface area contributed by atoms with E-state index in [0.29, 0.717) is 5.56 Å². The lowest BCUT2D eigenvalue weighted by molar-refractivity contribution is 0.570. The lowest BCUT2D eigenvalue weighted by Gasteiger charge is -2.09. The Labute approximate surface area is 96.0 Å². The summed E-state index contributed by atoms with van der Waals surface area (Å²) in [6, 6.07) is 8.26. The van der Waals surface area contributed by atoms with Crippen LogP contribution in [0.25, 0.3) is 0 Å². The van der Waals surface area contributed by atoms with Crippen LogP contribution in [0.2, 0.25) is 0 Å². The second-order valence-corrected chi connectivity index (χ2v) is 5.47. The van der Waals surface area contributed by atoms with E-state index in [1.54, 1.807) is 26.0 Å². The van der Waals surface area contributed by atoms with Crippen LogP contribution in [-0.2, 0) is 16.4 Å². The van der Waals surface area contributed by atoms with E-state index in [2.05, 4.69) is 4.72 Å². The summed E-state index contributed by atoms with van der Waals surface area (Å²) in [5.74, 6) is 0. The quantitative estimate of drug-likeness (QED) is 0.862. The van der Waals surface area contributed by atoms with Gasteiger partial charge in [0.05, 0.1) is 17.4 Å². The summed E-state index contributed by atoms with van der Waals surface area (Å²) >= 11 is 0. The highest BCUT2D eigenvalue weighted by Gasteiger charge is 2.15. The minimum absolute atomic E-state index is 0.148. The maximum absolute atomic E-state index is 11.8. The molecule has 1 rings (SSSR count). The Balaban J connectivity index is 3.05. The second kappa shape index (κ2) is 5.10. The van der Waals surface area contributed by atoms with Crippen molar-refractivity contribution < 1.29 is 8.42 Å². The summed E-state index contributed by atoms with van der Waals surface area (Å²) in [6.07, 6.45) is 0.213. The van der Waals surface area contributed by atoms with Gasteiger partial charge in [0.2, 0.25) is 10.0 Å². The molecule has 0 atom stereocenters. The van der Waals surface area contributed by atoms with Gasteiger partial charge in [-0.2, -0.15) is 5.26 Å². The van der Waals surface area contributed by atoms with E-state index in [4.69, 9.17) is 5.26 Å². The predicted molar refractivity (Wildman–Crippen MR) is 61.2 cm³/mol. The fraction of sp³-hybridized carbons (Fsp3) is 0.364. The molecular formula is C11H14N2O2S. The van der Waals surface area contributed by atoms with Gasteiger partial charge >= 0.3 is 0 Å². The van der Waals surface area contributed by atoms with Gasteiger partial charge in [-0.05, 0) is 31.5 Å².